The SMILES string of the molecule is CCN(CC)CCSCC(N)c1cccc2ccccc12. The number of nitrogens with two attached hydrogens (primary N) is 1. The average molecular weight is 302 g/mol. The first-order valence-electron chi connectivity index (χ1n) is 7.79. The van der Waals surface area contributed by atoms with E-state index in [1.165, 1.54) is 16.3 Å². The quantitative estimate of drug-likeness (QED) is 0.750. The molecule has 3 heteroatoms. The Morgan fingerprint density at radius 1 is 1.05 bits per heavy atom. The minimum absolute atomic E-state index is 0.109. The molecule has 0 bridgehead atoms. The van der Waals surface area contributed by atoms with E-state index in [0.717, 1.165) is 31.1 Å². The highest BCUT2D eigenvalue weighted by Gasteiger charge is 2.09. The minimum Gasteiger partial charge on any atom is -0.323 e. The largest absolute Gasteiger partial charge is 0.323 e. The van der Waals surface area contributed by atoms with E-state index in [2.05, 4.69) is 61.2 Å². The van der Waals surface area contributed by atoms with Crippen LogP contribution in [0, 0.1) is 0 Å². The average Bonchev–Trinajstić information content (AvgIpc) is 2.54. The van der Waals surface area contributed by atoms with Crippen molar-refractivity contribution in [2.24, 2.45) is 5.73 Å². The third-order valence-corrected chi connectivity index (χ3v) is 5.03. The third kappa shape index (κ3) is 4.47. The number of rotatable bonds is 8. The lowest BCUT2D eigenvalue weighted by Crippen LogP contribution is -2.25. The zero-order chi connectivity index (χ0) is 15.1. The van der Waals surface area contributed by atoms with Crippen LogP contribution in [-0.4, -0.2) is 36.0 Å². The van der Waals surface area contributed by atoms with E-state index in [1.54, 1.807) is 0 Å². The molecule has 1 atom stereocenters. The fourth-order valence-corrected chi connectivity index (χ4v) is 3.59. The zero-order valence-corrected chi connectivity index (χ0v) is 13.9. The summed E-state index contributed by atoms with van der Waals surface area (Å²) in [5.41, 5.74) is 7.68. The highest BCUT2D eigenvalue weighted by atomic mass is 32.2. The summed E-state index contributed by atoms with van der Waals surface area (Å²) in [5.74, 6) is 2.13. The summed E-state index contributed by atoms with van der Waals surface area (Å²) in [6.45, 7) is 7.85. The van der Waals surface area contributed by atoms with Gasteiger partial charge < -0.3 is 10.6 Å². The van der Waals surface area contributed by atoms with Crippen LogP contribution in [0.5, 0.6) is 0 Å². The molecule has 2 aromatic rings. The van der Waals surface area contributed by atoms with Crippen LogP contribution < -0.4 is 5.73 Å². The summed E-state index contributed by atoms with van der Waals surface area (Å²) >= 11 is 1.96. The van der Waals surface area contributed by atoms with Gasteiger partial charge in [-0.2, -0.15) is 11.8 Å². The van der Waals surface area contributed by atoms with Gasteiger partial charge in [0, 0.05) is 24.1 Å². The number of thioether (sulfide) groups is 1. The third-order valence-electron chi connectivity index (χ3n) is 3.97. The van der Waals surface area contributed by atoms with Crippen LogP contribution in [0.4, 0.5) is 0 Å². The Labute approximate surface area is 132 Å². The highest BCUT2D eigenvalue weighted by molar-refractivity contribution is 7.99. The second kappa shape index (κ2) is 8.42. The molecule has 21 heavy (non-hydrogen) atoms. The van der Waals surface area contributed by atoms with Crippen molar-refractivity contribution in [1.29, 1.82) is 0 Å². The van der Waals surface area contributed by atoms with Gasteiger partial charge in [0.1, 0.15) is 0 Å². The molecule has 2 nitrogen and oxygen atoms in total. The maximum absolute atomic E-state index is 6.41. The van der Waals surface area contributed by atoms with Crippen molar-refractivity contribution in [1.82, 2.24) is 4.90 Å². The molecule has 2 N–H and O–H groups in total. The van der Waals surface area contributed by atoms with Crippen molar-refractivity contribution in [3.05, 3.63) is 48.0 Å². The van der Waals surface area contributed by atoms with E-state index in [4.69, 9.17) is 5.73 Å². The first-order chi connectivity index (χ1) is 10.3. The minimum atomic E-state index is 0.109. The van der Waals surface area contributed by atoms with Crippen molar-refractivity contribution in [2.75, 3.05) is 31.1 Å². The van der Waals surface area contributed by atoms with Crippen LogP contribution >= 0.6 is 11.8 Å². The number of hydrogen-bond donors (Lipinski definition) is 1. The van der Waals surface area contributed by atoms with Gasteiger partial charge in [-0.25, -0.2) is 0 Å². The Bertz CT molecular complexity index is 546. The lowest BCUT2D eigenvalue weighted by molar-refractivity contribution is 0.324. The van der Waals surface area contributed by atoms with Gasteiger partial charge in [0.05, 0.1) is 0 Å². The Hall–Kier alpha value is -1.03. The van der Waals surface area contributed by atoms with Crippen LogP contribution in [-0.2, 0) is 0 Å². The van der Waals surface area contributed by atoms with E-state index in [0.29, 0.717) is 0 Å². The summed E-state index contributed by atoms with van der Waals surface area (Å²) in [7, 11) is 0. The summed E-state index contributed by atoms with van der Waals surface area (Å²) < 4.78 is 0. The first kappa shape index (κ1) is 16.3. The molecule has 0 heterocycles. The summed E-state index contributed by atoms with van der Waals surface area (Å²) in [6, 6.07) is 15.0. The lowest BCUT2D eigenvalue weighted by atomic mass is 10.0. The number of hydrogen-bond acceptors (Lipinski definition) is 3. The van der Waals surface area contributed by atoms with Gasteiger partial charge in [0.25, 0.3) is 0 Å². The van der Waals surface area contributed by atoms with Gasteiger partial charge >= 0.3 is 0 Å². The Morgan fingerprint density at radius 2 is 1.76 bits per heavy atom. The van der Waals surface area contributed by atoms with Crippen molar-refractivity contribution < 1.29 is 0 Å². The van der Waals surface area contributed by atoms with Crippen LogP contribution in [0.15, 0.2) is 42.5 Å². The zero-order valence-electron chi connectivity index (χ0n) is 13.1. The molecule has 0 aliphatic carbocycles. The monoisotopic (exact) mass is 302 g/mol. The second-order valence-corrected chi connectivity index (χ2v) is 6.43. The van der Waals surface area contributed by atoms with Gasteiger partial charge in [0.2, 0.25) is 0 Å². The predicted octanol–water partition coefficient (Wildman–Crippen LogP) is 3.91. The van der Waals surface area contributed by atoms with E-state index in [9.17, 15) is 0 Å². The Kier molecular flexibility index (Phi) is 6.55. The maximum Gasteiger partial charge on any atom is 0.0392 e. The molecule has 0 aromatic heterocycles. The van der Waals surface area contributed by atoms with Crippen molar-refractivity contribution in [2.45, 2.75) is 19.9 Å². The summed E-state index contributed by atoms with van der Waals surface area (Å²) in [4.78, 5) is 2.45. The number of nitrogens with zero attached hydrogens (tertiary/aromatic N) is 1. The van der Waals surface area contributed by atoms with Crippen molar-refractivity contribution in [3.63, 3.8) is 0 Å². The number of benzene rings is 2. The maximum atomic E-state index is 6.41. The van der Waals surface area contributed by atoms with Gasteiger partial charge in [-0.3, -0.25) is 0 Å². The molecule has 0 amide bonds. The van der Waals surface area contributed by atoms with Crippen LogP contribution in [0.1, 0.15) is 25.5 Å². The van der Waals surface area contributed by atoms with Crippen LogP contribution in [0.3, 0.4) is 0 Å². The molecule has 114 valence electrons. The fraction of sp³-hybridized carbons (Fsp3) is 0.444. The predicted molar refractivity (Wildman–Crippen MR) is 96.0 cm³/mol. The smallest absolute Gasteiger partial charge is 0.0392 e. The molecule has 0 aliphatic heterocycles. The molecule has 0 aliphatic rings. The lowest BCUT2D eigenvalue weighted by Gasteiger charge is -2.19. The van der Waals surface area contributed by atoms with Gasteiger partial charge in [-0.1, -0.05) is 56.3 Å². The standard InChI is InChI=1S/C18H26N2S/c1-3-20(4-2)12-13-21-14-18(19)17-11-7-9-15-8-5-6-10-16(15)17/h5-11,18H,3-4,12-14,19H2,1-2H3. The highest BCUT2D eigenvalue weighted by Crippen LogP contribution is 2.25. The Balaban J connectivity index is 1.92. The molecule has 2 rings (SSSR count). The molecular weight excluding hydrogens is 276 g/mol. The molecule has 2 aromatic carbocycles. The van der Waals surface area contributed by atoms with Crippen LogP contribution in [0.25, 0.3) is 10.8 Å². The normalized spacial score (nSPS) is 13.0. The van der Waals surface area contributed by atoms with E-state index in [1.807, 2.05) is 11.8 Å². The summed E-state index contributed by atoms with van der Waals surface area (Å²) in [5, 5.41) is 2.57. The van der Waals surface area contributed by atoms with E-state index in [-0.39, 0.29) is 6.04 Å². The van der Waals surface area contributed by atoms with Gasteiger partial charge in [-0.15, -0.1) is 0 Å². The fourth-order valence-electron chi connectivity index (χ4n) is 2.61. The first-order valence-corrected chi connectivity index (χ1v) is 8.95. The molecule has 0 saturated carbocycles. The molecular formula is C18H26N2S. The molecule has 1 unspecified atom stereocenters. The molecule has 0 spiro atoms. The molecule has 0 saturated heterocycles. The van der Waals surface area contributed by atoms with E-state index >= 15 is 0 Å². The van der Waals surface area contributed by atoms with E-state index < -0.39 is 0 Å². The molecule has 0 fully saturated rings. The Morgan fingerprint density at radius 3 is 2.52 bits per heavy atom. The second-order valence-electron chi connectivity index (χ2n) is 5.28. The van der Waals surface area contributed by atoms with Gasteiger partial charge in [0.15, 0.2) is 0 Å². The van der Waals surface area contributed by atoms with Crippen molar-refractivity contribution >= 4 is 22.5 Å². The molecule has 0 radical (unpaired) electrons. The topological polar surface area (TPSA) is 29.3 Å². The van der Waals surface area contributed by atoms with Crippen molar-refractivity contribution in [3.8, 4) is 0 Å². The number of fused-ring (bicyclic) bond motifs is 1. The van der Waals surface area contributed by atoms with Crippen LogP contribution in [0.2, 0.25) is 0 Å². The summed E-state index contributed by atoms with van der Waals surface area (Å²) in [6.07, 6.45) is 0. The van der Waals surface area contributed by atoms with Gasteiger partial charge in [-0.05, 0) is 29.4 Å².